The molecule has 1 unspecified atom stereocenters. The third kappa shape index (κ3) is 3.22. The van der Waals surface area contributed by atoms with Crippen molar-refractivity contribution in [1.82, 2.24) is 4.98 Å². The second-order valence-corrected chi connectivity index (χ2v) is 6.36. The molecule has 98 valence electrons. The molecule has 0 saturated carbocycles. The highest BCUT2D eigenvalue weighted by molar-refractivity contribution is 7.94. The average molecular weight is 268 g/mol. The van der Waals surface area contributed by atoms with Gasteiger partial charge in [0.15, 0.2) is 21.4 Å². The minimum Gasteiger partial charge on any atom is -0.487 e. The van der Waals surface area contributed by atoms with E-state index in [2.05, 4.69) is 10.3 Å². The van der Waals surface area contributed by atoms with E-state index in [1.165, 1.54) is 5.41 Å². The molecule has 1 aliphatic rings. The zero-order valence-corrected chi connectivity index (χ0v) is 11.1. The molecule has 0 radical (unpaired) electrons. The topological polar surface area (TPSA) is 68.3 Å². The molecule has 2 heterocycles. The number of nitrogens with one attached hydrogen (secondary N) is 1. The van der Waals surface area contributed by atoms with Crippen LogP contribution in [0.25, 0.3) is 0 Å². The number of ether oxygens (including phenoxy) is 1. The molecule has 0 bridgehead atoms. The Morgan fingerprint density at radius 2 is 2.28 bits per heavy atom. The van der Waals surface area contributed by atoms with Gasteiger partial charge in [0.05, 0.1) is 17.9 Å². The zero-order valence-electron chi connectivity index (χ0n) is 10.3. The molecule has 2 rings (SSSR count). The zero-order chi connectivity index (χ0) is 13.2. The maximum atomic E-state index is 11.3. The van der Waals surface area contributed by atoms with Gasteiger partial charge < -0.3 is 10.1 Å². The second-order valence-electron chi connectivity index (χ2n) is 4.43. The third-order valence-electron chi connectivity index (χ3n) is 2.39. The van der Waals surface area contributed by atoms with Gasteiger partial charge in [-0.3, -0.25) is 0 Å². The molecule has 18 heavy (non-hydrogen) atoms. The van der Waals surface area contributed by atoms with Crippen molar-refractivity contribution >= 4 is 15.7 Å². The van der Waals surface area contributed by atoms with E-state index in [1.54, 1.807) is 18.3 Å². The molecule has 0 aromatic carbocycles. The van der Waals surface area contributed by atoms with Crippen LogP contribution in [0, 0.1) is 0 Å². The van der Waals surface area contributed by atoms with Crippen LogP contribution in [0.4, 0.5) is 5.82 Å². The standard InChI is InChI=1S/C12H16N2O3S/c1-9(2)17-11-4-3-6-13-12(11)14-10-5-7-18(15,16)8-10/h3-7,9-10H,8H2,1-2H3,(H,13,14). The fraction of sp³-hybridized carbons (Fsp3) is 0.417. The molecule has 1 atom stereocenters. The van der Waals surface area contributed by atoms with E-state index >= 15 is 0 Å². The smallest absolute Gasteiger partial charge is 0.173 e. The third-order valence-corrected chi connectivity index (χ3v) is 3.78. The van der Waals surface area contributed by atoms with Crippen LogP contribution >= 0.6 is 0 Å². The van der Waals surface area contributed by atoms with Crippen molar-refractivity contribution < 1.29 is 13.2 Å². The van der Waals surface area contributed by atoms with Gasteiger partial charge in [0.25, 0.3) is 0 Å². The lowest BCUT2D eigenvalue weighted by molar-refractivity contribution is 0.243. The van der Waals surface area contributed by atoms with E-state index in [0.717, 1.165) is 0 Å². The Kier molecular flexibility index (Phi) is 3.56. The summed E-state index contributed by atoms with van der Waals surface area (Å²) in [5.41, 5.74) is 0. The Bertz CT molecular complexity index is 552. The number of hydrogen-bond donors (Lipinski definition) is 1. The molecule has 1 aromatic rings. The van der Waals surface area contributed by atoms with Crippen molar-refractivity contribution in [2.45, 2.75) is 26.0 Å². The van der Waals surface area contributed by atoms with Crippen LogP contribution in [-0.2, 0) is 9.84 Å². The first kappa shape index (κ1) is 12.9. The lowest BCUT2D eigenvalue weighted by Crippen LogP contribution is -2.22. The molecule has 6 heteroatoms. The van der Waals surface area contributed by atoms with Gasteiger partial charge in [0.2, 0.25) is 0 Å². The summed E-state index contributed by atoms with van der Waals surface area (Å²) < 4.78 is 28.2. The van der Waals surface area contributed by atoms with Crippen LogP contribution in [0.5, 0.6) is 5.75 Å². The number of nitrogens with zero attached hydrogens (tertiary/aromatic N) is 1. The summed E-state index contributed by atoms with van der Waals surface area (Å²) in [7, 11) is -3.06. The average Bonchev–Trinajstić information content (AvgIpc) is 2.60. The van der Waals surface area contributed by atoms with Crippen molar-refractivity contribution in [3.63, 3.8) is 0 Å². The van der Waals surface area contributed by atoms with E-state index in [-0.39, 0.29) is 17.9 Å². The fourth-order valence-corrected chi connectivity index (χ4v) is 2.92. The van der Waals surface area contributed by atoms with Crippen LogP contribution in [0.1, 0.15) is 13.8 Å². The van der Waals surface area contributed by atoms with Crippen LogP contribution < -0.4 is 10.1 Å². The molecule has 0 fully saturated rings. The molecule has 1 N–H and O–H groups in total. The summed E-state index contributed by atoms with van der Waals surface area (Å²) >= 11 is 0. The van der Waals surface area contributed by atoms with Crippen molar-refractivity contribution in [3.05, 3.63) is 29.8 Å². The maximum Gasteiger partial charge on any atom is 0.173 e. The normalized spacial score (nSPS) is 21.2. The molecule has 0 saturated heterocycles. The lowest BCUT2D eigenvalue weighted by atomic mass is 10.3. The number of rotatable bonds is 4. The van der Waals surface area contributed by atoms with Crippen molar-refractivity contribution in [2.75, 3.05) is 11.1 Å². The Balaban J connectivity index is 2.12. The van der Waals surface area contributed by atoms with Crippen LogP contribution in [0.3, 0.4) is 0 Å². The molecule has 0 spiro atoms. The first-order chi connectivity index (χ1) is 8.46. The highest BCUT2D eigenvalue weighted by Gasteiger charge is 2.22. The largest absolute Gasteiger partial charge is 0.487 e. The number of sulfone groups is 1. The Hall–Kier alpha value is -1.56. The van der Waals surface area contributed by atoms with Gasteiger partial charge in [0.1, 0.15) is 0 Å². The molecule has 0 amide bonds. The van der Waals surface area contributed by atoms with E-state index in [0.29, 0.717) is 11.6 Å². The van der Waals surface area contributed by atoms with Gasteiger partial charge in [-0.1, -0.05) is 0 Å². The fourth-order valence-electron chi connectivity index (χ4n) is 1.69. The lowest BCUT2D eigenvalue weighted by Gasteiger charge is -2.16. The summed E-state index contributed by atoms with van der Waals surface area (Å²) in [4.78, 5) is 4.18. The maximum absolute atomic E-state index is 11.3. The number of pyridine rings is 1. The minimum absolute atomic E-state index is 0.0394. The molecule has 1 aliphatic heterocycles. The van der Waals surface area contributed by atoms with Gasteiger partial charge >= 0.3 is 0 Å². The number of anilines is 1. The molecular formula is C12H16N2O3S. The number of hydrogen-bond acceptors (Lipinski definition) is 5. The predicted molar refractivity (Wildman–Crippen MR) is 70.3 cm³/mol. The van der Waals surface area contributed by atoms with Crippen molar-refractivity contribution in [3.8, 4) is 5.75 Å². The van der Waals surface area contributed by atoms with Crippen molar-refractivity contribution in [2.24, 2.45) is 0 Å². The highest BCUT2D eigenvalue weighted by Crippen LogP contribution is 2.24. The van der Waals surface area contributed by atoms with E-state index in [9.17, 15) is 8.42 Å². The highest BCUT2D eigenvalue weighted by atomic mass is 32.2. The van der Waals surface area contributed by atoms with Gasteiger partial charge in [-0.15, -0.1) is 0 Å². The summed E-state index contributed by atoms with van der Waals surface area (Å²) in [5.74, 6) is 1.26. The van der Waals surface area contributed by atoms with E-state index in [1.807, 2.05) is 19.9 Å². The first-order valence-electron chi connectivity index (χ1n) is 5.75. The predicted octanol–water partition coefficient (Wildman–Crippen LogP) is 1.59. The van der Waals surface area contributed by atoms with E-state index < -0.39 is 9.84 Å². The second kappa shape index (κ2) is 4.97. The van der Waals surface area contributed by atoms with Crippen LogP contribution in [-0.4, -0.2) is 31.3 Å². The Morgan fingerprint density at radius 3 is 2.89 bits per heavy atom. The van der Waals surface area contributed by atoms with E-state index in [4.69, 9.17) is 4.74 Å². The SMILES string of the molecule is CC(C)Oc1cccnc1NC1C=CS(=O)(=O)C1. The molecule has 1 aromatic heterocycles. The van der Waals surface area contributed by atoms with Gasteiger partial charge in [-0.2, -0.15) is 0 Å². The van der Waals surface area contributed by atoms with Crippen LogP contribution in [0.2, 0.25) is 0 Å². The summed E-state index contributed by atoms with van der Waals surface area (Å²) in [5, 5.41) is 4.30. The van der Waals surface area contributed by atoms with Crippen LogP contribution in [0.15, 0.2) is 29.8 Å². The summed E-state index contributed by atoms with van der Waals surface area (Å²) in [6, 6.07) is 3.34. The summed E-state index contributed by atoms with van der Waals surface area (Å²) in [6.07, 6.45) is 3.31. The van der Waals surface area contributed by atoms with Gasteiger partial charge in [-0.05, 0) is 32.1 Å². The molecular weight excluding hydrogens is 252 g/mol. The summed E-state index contributed by atoms with van der Waals surface area (Å²) in [6.45, 7) is 3.85. The Morgan fingerprint density at radius 1 is 1.50 bits per heavy atom. The van der Waals surface area contributed by atoms with Crippen molar-refractivity contribution in [1.29, 1.82) is 0 Å². The minimum atomic E-state index is -3.06. The molecule has 0 aliphatic carbocycles. The van der Waals surface area contributed by atoms with Gasteiger partial charge in [-0.25, -0.2) is 13.4 Å². The molecule has 5 nitrogen and oxygen atoms in total. The van der Waals surface area contributed by atoms with Gasteiger partial charge in [0, 0.05) is 11.6 Å². The Labute approximate surface area is 107 Å². The quantitative estimate of drug-likeness (QED) is 0.898. The first-order valence-corrected chi connectivity index (χ1v) is 7.47. The monoisotopic (exact) mass is 268 g/mol. The number of aromatic nitrogens is 1.